The Hall–Kier alpha value is -2.81. The molecular weight excluding hydrogens is 324 g/mol. The smallest absolute Gasteiger partial charge is 0.262 e. The Morgan fingerprint density at radius 1 is 1.40 bits per heavy atom. The molecule has 0 aliphatic rings. The molecule has 2 N–H and O–H groups in total. The molecule has 0 fully saturated rings. The van der Waals surface area contributed by atoms with E-state index >= 15 is 0 Å². The van der Waals surface area contributed by atoms with Crippen LogP contribution >= 0.6 is 0 Å². The van der Waals surface area contributed by atoms with E-state index < -0.39 is 0 Å². The Morgan fingerprint density at radius 3 is 2.84 bits per heavy atom. The molecular formula is C16H20N6O3. The fourth-order valence-electron chi connectivity index (χ4n) is 2.61. The molecule has 1 unspecified atom stereocenters. The summed E-state index contributed by atoms with van der Waals surface area (Å²) in [6.45, 7) is 5.27. The zero-order valence-corrected chi connectivity index (χ0v) is 14.3. The molecule has 3 heterocycles. The maximum Gasteiger partial charge on any atom is 0.262 e. The number of aliphatic hydroxyl groups is 1. The second kappa shape index (κ2) is 6.60. The summed E-state index contributed by atoms with van der Waals surface area (Å²) in [4.78, 5) is 33.1. The Labute approximate surface area is 143 Å². The molecule has 132 valence electrons. The number of amides is 1. The molecule has 0 saturated heterocycles. The molecule has 0 saturated carbocycles. The van der Waals surface area contributed by atoms with E-state index in [1.807, 2.05) is 13.8 Å². The summed E-state index contributed by atoms with van der Waals surface area (Å²) in [7, 11) is 0. The van der Waals surface area contributed by atoms with Gasteiger partial charge in [-0.2, -0.15) is 9.50 Å². The standard InChI is InChI=1S/C16H20N6O3/c1-9(2)12(8-23)19-14(24)7-21-5-4-13-11(15(21)25)6-17-16-18-10(3)20-22(13)16/h4-6,9,12,23H,7-8H2,1-3H3,(H,19,24). The first-order valence-corrected chi connectivity index (χ1v) is 8.02. The van der Waals surface area contributed by atoms with E-state index in [0.717, 1.165) is 0 Å². The Balaban J connectivity index is 1.93. The number of rotatable bonds is 5. The summed E-state index contributed by atoms with van der Waals surface area (Å²) >= 11 is 0. The highest BCUT2D eigenvalue weighted by atomic mass is 16.3. The highest BCUT2D eigenvalue weighted by molar-refractivity contribution is 5.80. The van der Waals surface area contributed by atoms with Gasteiger partial charge >= 0.3 is 0 Å². The average Bonchev–Trinajstić information content (AvgIpc) is 2.95. The third kappa shape index (κ3) is 3.22. The minimum absolute atomic E-state index is 0.0929. The zero-order valence-electron chi connectivity index (χ0n) is 14.3. The fourth-order valence-corrected chi connectivity index (χ4v) is 2.61. The minimum atomic E-state index is -0.344. The van der Waals surface area contributed by atoms with Gasteiger partial charge in [0.25, 0.3) is 11.3 Å². The molecule has 0 spiro atoms. The number of hydrogen-bond donors (Lipinski definition) is 2. The molecule has 0 aliphatic carbocycles. The first-order chi connectivity index (χ1) is 11.9. The third-order valence-corrected chi connectivity index (χ3v) is 4.07. The monoisotopic (exact) mass is 344 g/mol. The topological polar surface area (TPSA) is 114 Å². The number of fused-ring (bicyclic) bond motifs is 3. The van der Waals surface area contributed by atoms with E-state index in [1.54, 1.807) is 19.2 Å². The van der Waals surface area contributed by atoms with E-state index in [4.69, 9.17) is 0 Å². The number of nitrogens with zero attached hydrogens (tertiary/aromatic N) is 5. The number of aryl methyl sites for hydroxylation is 1. The molecule has 1 atom stereocenters. The summed E-state index contributed by atoms with van der Waals surface area (Å²) in [5.41, 5.74) is 0.253. The van der Waals surface area contributed by atoms with Gasteiger partial charge in [0.1, 0.15) is 12.4 Å². The van der Waals surface area contributed by atoms with Gasteiger partial charge in [0, 0.05) is 12.4 Å². The summed E-state index contributed by atoms with van der Waals surface area (Å²) in [6.07, 6.45) is 2.99. The number of nitrogens with one attached hydrogen (secondary N) is 1. The Morgan fingerprint density at radius 2 is 2.16 bits per heavy atom. The number of pyridine rings is 1. The van der Waals surface area contributed by atoms with Crippen LogP contribution in [0.15, 0.2) is 23.3 Å². The predicted octanol–water partition coefficient (Wildman–Crippen LogP) is -0.119. The SMILES string of the molecule is Cc1nc2ncc3c(=O)n(CC(=O)NC(CO)C(C)C)ccc3n2n1. The number of aromatic nitrogens is 5. The average molecular weight is 344 g/mol. The molecule has 3 rings (SSSR count). The van der Waals surface area contributed by atoms with Gasteiger partial charge in [-0.25, -0.2) is 4.98 Å². The lowest BCUT2D eigenvalue weighted by Gasteiger charge is -2.20. The third-order valence-electron chi connectivity index (χ3n) is 4.07. The molecule has 1 amide bonds. The maximum atomic E-state index is 12.6. The second-order valence-corrected chi connectivity index (χ2v) is 6.28. The molecule has 0 aromatic carbocycles. The lowest BCUT2D eigenvalue weighted by atomic mass is 10.1. The first-order valence-electron chi connectivity index (χ1n) is 8.02. The molecule has 0 bridgehead atoms. The van der Waals surface area contributed by atoms with Gasteiger partial charge in [-0.15, -0.1) is 5.10 Å². The van der Waals surface area contributed by atoms with Crippen molar-refractivity contribution in [1.82, 2.24) is 29.5 Å². The summed E-state index contributed by atoms with van der Waals surface area (Å²) in [5, 5.41) is 16.6. The van der Waals surface area contributed by atoms with Crippen LogP contribution in [-0.4, -0.2) is 47.8 Å². The maximum absolute atomic E-state index is 12.6. The molecule has 0 aliphatic heterocycles. The van der Waals surface area contributed by atoms with Crippen LogP contribution < -0.4 is 10.9 Å². The van der Waals surface area contributed by atoms with Crippen LogP contribution in [0, 0.1) is 12.8 Å². The van der Waals surface area contributed by atoms with Gasteiger partial charge in [0.05, 0.1) is 23.6 Å². The van der Waals surface area contributed by atoms with Crippen molar-refractivity contribution < 1.29 is 9.90 Å². The van der Waals surface area contributed by atoms with Gasteiger partial charge in [0.15, 0.2) is 0 Å². The summed E-state index contributed by atoms with van der Waals surface area (Å²) < 4.78 is 2.82. The van der Waals surface area contributed by atoms with Gasteiger partial charge in [-0.3, -0.25) is 9.59 Å². The molecule has 3 aromatic rings. The largest absolute Gasteiger partial charge is 0.394 e. The molecule has 25 heavy (non-hydrogen) atoms. The fraction of sp³-hybridized carbons (Fsp3) is 0.438. The van der Waals surface area contributed by atoms with Crippen LogP contribution in [0.3, 0.4) is 0 Å². The van der Waals surface area contributed by atoms with Crippen LogP contribution in [0.2, 0.25) is 0 Å². The van der Waals surface area contributed by atoms with Gasteiger partial charge in [-0.05, 0) is 18.9 Å². The van der Waals surface area contributed by atoms with Crippen LogP contribution in [0.5, 0.6) is 0 Å². The van der Waals surface area contributed by atoms with Crippen LogP contribution in [0.1, 0.15) is 19.7 Å². The van der Waals surface area contributed by atoms with Crippen molar-refractivity contribution in [2.45, 2.75) is 33.4 Å². The van der Waals surface area contributed by atoms with Crippen molar-refractivity contribution in [1.29, 1.82) is 0 Å². The molecule has 0 radical (unpaired) electrons. The second-order valence-electron chi connectivity index (χ2n) is 6.28. The van der Waals surface area contributed by atoms with E-state index in [1.165, 1.54) is 15.3 Å². The highest BCUT2D eigenvalue weighted by Gasteiger charge is 2.16. The molecule has 9 nitrogen and oxygen atoms in total. The van der Waals surface area contributed by atoms with Crippen molar-refractivity contribution in [2.75, 3.05) is 6.61 Å². The first kappa shape index (κ1) is 17.0. The van der Waals surface area contributed by atoms with E-state index in [0.29, 0.717) is 22.5 Å². The molecule has 9 heteroatoms. The summed E-state index contributed by atoms with van der Waals surface area (Å²) in [5.74, 6) is 0.741. The van der Waals surface area contributed by atoms with E-state index in [9.17, 15) is 14.7 Å². The van der Waals surface area contributed by atoms with Gasteiger partial charge < -0.3 is 15.0 Å². The van der Waals surface area contributed by atoms with Crippen molar-refractivity contribution in [3.63, 3.8) is 0 Å². The van der Waals surface area contributed by atoms with Crippen molar-refractivity contribution >= 4 is 22.6 Å². The number of carbonyl (C=O) groups excluding carboxylic acids is 1. The lowest BCUT2D eigenvalue weighted by molar-refractivity contribution is -0.123. The van der Waals surface area contributed by atoms with Crippen LogP contribution in [0.4, 0.5) is 0 Å². The van der Waals surface area contributed by atoms with Crippen LogP contribution in [-0.2, 0) is 11.3 Å². The quantitative estimate of drug-likeness (QED) is 0.667. The normalized spacial score (nSPS) is 12.8. The van der Waals surface area contributed by atoms with Crippen molar-refractivity contribution in [2.24, 2.45) is 5.92 Å². The lowest BCUT2D eigenvalue weighted by Crippen LogP contribution is -2.43. The number of hydrogen-bond acceptors (Lipinski definition) is 6. The van der Waals surface area contributed by atoms with E-state index in [2.05, 4.69) is 20.4 Å². The van der Waals surface area contributed by atoms with Gasteiger partial charge in [0.2, 0.25) is 5.91 Å². The molecule has 3 aromatic heterocycles. The number of aliphatic hydroxyl groups excluding tert-OH is 1. The van der Waals surface area contributed by atoms with Crippen molar-refractivity contribution in [3.05, 3.63) is 34.6 Å². The Bertz CT molecular complexity index is 991. The Kier molecular flexibility index (Phi) is 4.49. The predicted molar refractivity (Wildman–Crippen MR) is 91.1 cm³/mol. The van der Waals surface area contributed by atoms with E-state index in [-0.39, 0.29) is 36.6 Å². The summed E-state index contributed by atoms with van der Waals surface area (Å²) in [6, 6.07) is 1.36. The minimum Gasteiger partial charge on any atom is -0.394 e. The highest BCUT2D eigenvalue weighted by Crippen LogP contribution is 2.10. The van der Waals surface area contributed by atoms with Crippen LogP contribution in [0.25, 0.3) is 16.7 Å². The number of carbonyl (C=O) groups is 1. The van der Waals surface area contributed by atoms with Gasteiger partial charge in [-0.1, -0.05) is 13.8 Å². The van der Waals surface area contributed by atoms with Crippen molar-refractivity contribution in [3.8, 4) is 0 Å². The zero-order chi connectivity index (χ0) is 18.1.